The van der Waals surface area contributed by atoms with Crippen molar-refractivity contribution in [2.45, 2.75) is 40.0 Å². The lowest BCUT2D eigenvalue weighted by Crippen LogP contribution is -2.35. The van der Waals surface area contributed by atoms with Gasteiger partial charge in [0.25, 0.3) is 0 Å². The zero-order valence-corrected chi connectivity index (χ0v) is 18.0. The first-order chi connectivity index (χ1) is 14.5. The minimum absolute atomic E-state index is 0.228. The van der Waals surface area contributed by atoms with Crippen LogP contribution in [0.2, 0.25) is 0 Å². The van der Waals surface area contributed by atoms with Crippen LogP contribution in [0.25, 0.3) is 0 Å². The third-order valence-corrected chi connectivity index (χ3v) is 4.86. The van der Waals surface area contributed by atoms with Crippen LogP contribution >= 0.6 is 0 Å². The summed E-state index contributed by atoms with van der Waals surface area (Å²) in [5, 5.41) is 10.7. The maximum atomic E-state index is 10.7. The molecule has 30 heavy (non-hydrogen) atoms. The maximum absolute atomic E-state index is 10.7. The van der Waals surface area contributed by atoms with E-state index in [0.29, 0.717) is 26.2 Å². The van der Waals surface area contributed by atoms with Gasteiger partial charge in [0, 0.05) is 18.7 Å². The molecule has 5 nitrogen and oxygen atoms in total. The summed E-state index contributed by atoms with van der Waals surface area (Å²) in [5.41, 5.74) is 3.34. The highest BCUT2D eigenvalue weighted by molar-refractivity contribution is 5.35. The molecule has 0 aliphatic carbocycles. The Morgan fingerprint density at radius 3 is 2.53 bits per heavy atom. The molecule has 1 aromatic heterocycles. The number of aliphatic hydroxyl groups is 1. The molecule has 0 fully saturated rings. The van der Waals surface area contributed by atoms with E-state index in [2.05, 4.69) is 24.0 Å². The Bertz CT molecular complexity index is 907. The first-order valence-corrected chi connectivity index (χ1v) is 10.4. The molecule has 0 saturated heterocycles. The molecule has 5 heteroatoms. The van der Waals surface area contributed by atoms with Crippen LogP contribution in [0.15, 0.2) is 65.3 Å². The molecule has 0 radical (unpaired) electrons. The van der Waals surface area contributed by atoms with Crippen molar-refractivity contribution in [1.29, 1.82) is 0 Å². The molecule has 0 amide bonds. The zero-order chi connectivity index (χ0) is 21.3. The van der Waals surface area contributed by atoms with Crippen LogP contribution in [-0.2, 0) is 13.1 Å². The van der Waals surface area contributed by atoms with Gasteiger partial charge in [-0.3, -0.25) is 4.90 Å². The van der Waals surface area contributed by atoms with Crippen molar-refractivity contribution in [3.8, 4) is 11.5 Å². The van der Waals surface area contributed by atoms with E-state index in [-0.39, 0.29) is 6.61 Å². The van der Waals surface area contributed by atoms with Gasteiger partial charge in [-0.25, -0.2) is 0 Å². The predicted molar refractivity (Wildman–Crippen MR) is 118 cm³/mol. The SMILES string of the molecule is CCOc1ccccc1CN(Cc1ccco1)CC(O)COc1ccc(C)cc1C. The number of para-hydroxylation sites is 1. The lowest BCUT2D eigenvalue weighted by Gasteiger charge is -2.25. The number of hydrogen-bond acceptors (Lipinski definition) is 5. The number of furan rings is 1. The van der Waals surface area contributed by atoms with Crippen molar-refractivity contribution in [1.82, 2.24) is 4.90 Å². The highest BCUT2D eigenvalue weighted by Crippen LogP contribution is 2.22. The summed E-state index contributed by atoms with van der Waals surface area (Å²) < 4.78 is 17.2. The third kappa shape index (κ3) is 6.37. The summed E-state index contributed by atoms with van der Waals surface area (Å²) in [4.78, 5) is 2.15. The van der Waals surface area contributed by atoms with Crippen LogP contribution < -0.4 is 9.47 Å². The summed E-state index contributed by atoms with van der Waals surface area (Å²) in [7, 11) is 0. The Morgan fingerprint density at radius 1 is 0.967 bits per heavy atom. The lowest BCUT2D eigenvalue weighted by atomic mass is 10.1. The third-order valence-electron chi connectivity index (χ3n) is 4.86. The molecule has 3 rings (SSSR count). The smallest absolute Gasteiger partial charge is 0.123 e. The van der Waals surface area contributed by atoms with Crippen molar-refractivity contribution >= 4 is 0 Å². The van der Waals surface area contributed by atoms with E-state index in [1.165, 1.54) is 5.56 Å². The fraction of sp³-hybridized carbons (Fsp3) is 0.360. The molecule has 3 aromatic rings. The standard InChI is InChI=1S/C25H31NO4/c1-4-28-25-10-6-5-8-21(25)15-26(17-23-9-7-13-29-23)16-22(27)18-30-24-12-11-19(2)14-20(24)3/h5-14,22,27H,4,15-18H2,1-3H3. The van der Waals surface area contributed by atoms with Crippen molar-refractivity contribution in [3.63, 3.8) is 0 Å². The highest BCUT2D eigenvalue weighted by atomic mass is 16.5. The minimum Gasteiger partial charge on any atom is -0.494 e. The normalized spacial score (nSPS) is 12.2. The van der Waals surface area contributed by atoms with Gasteiger partial charge in [0.1, 0.15) is 30.0 Å². The molecule has 1 heterocycles. The molecule has 0 saturated carbocycles. The Labute approximate surface area is 178 Å². The van der Waals surface area contributed by atoms with Crippen molar-refractivity contribution < 1.29 is 19.0 Å². The fourth-order valence-electron chi connectivity index (χ4n) is 3.48. The van der Waals surface area contributed by atoms with Crippen LogP contribution in [-0.4, -0.2) is 35.9 Å². The summed E-state index contributed by atoms with van der Waals surface area (Å²) in [6.07, 6.45) is 1.03. The van der Waals surface area contributed by atoms with E-state index < -0.39 is 6.10 Å². The van der Waals surface area contributed by atoms with E-state index in [1.54, 1.807) is 6.26 Å². The van der Waals surface area contributed by atoms with Gasteiger partial charge in [-0.15, -0.1) is 0 Å². The minimum atomic E-state index is -0.639. The molecule has 1 N–H and O–H groups in total. The number of benzene rings is 2. The molecule has 0 bridgehead atoms. The van der Waals surface area contributed by atoms with Gasteiger partial charge < -0.3 is 19.0 Å². The monoisotopic (exact) mass is 409 g/mol. The van der Waals surface area contributed by atoms with Crippen molar-refractivity contribution in [2.24, 2.45) is 0 Å². The Kier molecular flexibility index (Phi) is 7.94. The van der Waals surface area contributed by atoms with E-state index >= 15 is 0 Å². The average Bonchev–Trinajstić information content (AvgIpc) is 3.22. The Morgan fingerprint density at radius 2 is 1.80 bits per heavy atom. The average molecular weight is 410 g/mol. The largest absolute Gasteiger partial charge is 0.494 e. The molecule has 0 aliphatic rings. The van der Waals surface area contributed by atoms with Gasteiger partial charge in [-0.1, -0.05) is 35.9 Å². The quantitative estimate of drug-likeness (QED) is 0.496. The summed E-state index contributed by atoms with van der Waals surface area (Å²) in [6, 6.07) is 17.9. The van der Waals surface area contributed by atoms with E-state index in [1.807, 2.05) is 56.3 Å². The lowest BCUT2D eigenvalue weighted by molar-refractivity contribution is 0.0599. The number of aryl methyl sites for hydroxylation is 2. The summed E-state index contributed by atoms with van der Waals surface area (Å²) in [5.74, 6) is 2.52. The van der Waals surface area contributed by atoms with Crippen LogP contribution in [0.1, 0.15) is 29.4 Å². The van der Waals surface area contributed by atoms with Gasteiger partial charge in [0.15, 0.2) is 0 Å². The molecule has 0 spiro atoms. The first-order valence-electron chi connectivity index (χ1n) is 10.4. The molecule has 160 valence electrons. The fourth-order valence-corrected chi connectivity index (χ4v) is 3.48. The van der Waals surface area contributed by atoms with Gasteiger partial charge >= 0.3 is 0 Å². The second kappa shape index (κ2) is 10.9. The van der Waals surface area contributed by atoms with E-state index in [0.717, 1.165) is 28.4 Å². The van der Waals surface area contributed by atoms with Crippen LogP contribution in [0.5, 0.6) is 11.5 Å². The van der Waals surface area contributed by atoms with Crippen LogP contribution in [0.4, 0.5) is 0 Å². The molecule has 2 aromatic carbocycles. The van der Waals surface area contributed by atoms with Crippen molar-refractivity contribution in [3.05, 3.63) is 83.3 Å². The zero-order valence-electron chi connectivity index (χ0n) is 18.0. The summed E-state index contributed by atoms with van der Waals surface area (Å²) >= 11 is 0. The molecular weight excluding hydrogens is 378 g/mol. The van der Waals surface area contributed by atoms with Gasteiger partial charge in [0.05, 0.1) is 19.4 Å². The van der Waals surface area contributed by atoms with Crippen LogP contribution in [0, 0.1) is 13.8 Å². The number of nitrogens with zero attached hydrogens (tertiary/aromatic N) is 1. The molecule has 0 aliphatic heterocycles. The topological polar surface area (TPSA) is 55.1 Å². The van der Waals surface area contributed by atoms with Crippen molar-refractivity contribution in [2.75, 3.05) is 19.8 Å². The number of aliphatic hydroxyl groups excluding tert-OH is 1. The number of rotatable bonds is 11. The highest BCUT2D eigenvalue weighted by Gasteiger charge is 2.17. The van der Waals surface area contributed by atoms with Gasteiger partial charge in [-0.2, -0.15) is 0 Å². The molecule has 1 unspecified atom stereocenters. The number of ether oxygens (including phenoxy) is 2. The number of hydrogen-bond donors (Lipinski definition) is 1. The second-order valence-corrected chi connectivity index (χ2v) is 7.52. The van der Waals surface area contributed by atoms with Gasteiger partial charge in [0.2, 0.25) is 0 Å². The van der Waals surface area contributed by atoms with E-state index in [9.17, 15) is 5.11 Å². The second-order valence-electron chi connectivity index (χ2n) is 7.52. The molecule has 1 atom stereocenters. The van der Waals surface area contributed by atoms with Crippen LogP contribution in [0.3, 0.4) is 0 Å². The Balaban J connectivity index is 1.66. The predicted octanol–water partition coefficient (Wildman–Crippen LogP) is 4.74. The van der Waals surface area contributed by atoms with E-state index in [4.69, 9.17) is 13.9 Å². The molecular formula is C25H31NO4. The summed E-state index contributed by atoms with van der Waals surface area (Å²) in [6.45, 7) is 8.57. The first kappa shape index (κ1) is 21.9. The van der Waals surface area contributed by atoms with Gasteiger partial charge in [-0.05, 0) is 50.6 Å². The maximum Gasteiger partial charge on any atom is 0.123 e. The Hall–Kier alpha value is -2.76.